The molecule has 0 bridgehead atoms. The third-order valence-electron chi connectivity index (χ3n) is 3.80. The van der Waals surface area contributed by atoms with E-state index in [4.69, 9.17) is 0 Å². The topological polar surface area (TPSA) is 12.0 Å². The van der Waals surface area contributed by atoms with Crippen LogP contribution in [-0.2, 0) is 6.42 Å². The Morgan fingerprint density at radius 1 is 1.22 bits per heavy atom. The summed E-state index contributed by atoms with van der Waals surface area (Å²) >= 11 is 0. The van der Waals surface area contributed by atoms with Crippen molar-refractivity contribution < 1.29 is 4.39 Å². The Labute approximate surface area is 111 Å². The van der Waals surface area contributed by atoms with E-state index in [1.54, 1.807) is 12.1 Å². The Kier molecular flexibility index (Phi) is 5.33. The van der Waals surface area contributed by atoms with Crippen molar-refractivity contribution >= 4 is 0 Å². The van der Waals surface area contributed by atoms with E-state index < -0.39 is 0 Å². The maximum atomic E-state index is 13.2. The maximum absolute atomic E-state index is 13.2. The highest BCUT2D eigenvalue weighted by Crippen LogP contribution is 2.31. The molecule has 0 fully saturated rings. The molecule has 1 aromatic carbocycles. The van der Waals surface area contributed by atoms with Gasteiger partial charge in [-0.15, -0.1) is 0 Å². The van der Waals surface area contributed by atoms with E-state index in [0.717, 1.165) is 18.5 Å². The molecule has 0 aliphatic rings. The fourth-order valence-electron chi connectivity index (χ4n) is 2.02. The van der Waals surface area contributed by atoms with Crippen LogP contribution in [0.4, 0.5) is 4.39 Å². The molecule has 0 saturated heterocycles. The molecule has 0 heterocycles. The predicted octanol–water partition coefficient (Wildman–Crippen LogP) is 4.03. The molecule has 2 heteroatoms. The minimum Gasteiger partial charge on any atom is -0.314 e. The summed E-state index contributed by atoms with van der Waals surface area (Å²) in [6, 6.07) is 7.44. The van der Waals surface area contributed by atoms with E-state index in [1.165, 1.54) is 6.07 Å². The van der Waals surface area contributed by atoms with Crippen molar-refractivity contribution in [3.63, 3.8) is 0 Å². The minimum absolute atomic E-state index is 0.143. The molecule has 1 atom stereocenters. The third-order valence-corrected chi connectivity index (χ3v) is 3.80. The van der Waals surface area contributed by atoms with Crippen molar-refractivity contribution in [1.82, 2.24) is 5.32 Å². The van der Waals surface area contributed by atoms with Crippen molar-refractivity contribution in [2.45, 2.75) is 47.1 Å². The summed E-state index contributed by atoms with van der Waals surface area (Å²) in [5.41, 5.74) is 1.23. The molecule has 1 nitrogen and oxygen atoms in total. The van der Waals surface area contributed by atoms with Gasteiger partial charge in [0.05, 0.1) is 0 Å². The van der Waals surface area contributed by atoms with E-state index in [2.05, 4.69) is 39.9 Å². The third kappa shape index (κ3) is 4.41. The number of halogens is 1. The second kappa shape index (κ2) is 6.33. The number of rotatable bonds is 6. The standard InChI is InChI=1S/C16H26FN/c1-12(2)16(5,11-18-13(3)4)10-14-7-6-8-15(17)9-14/h6-9,12-13,18H,10-11H2,1-5H3. The van der Waals surface area contributed by atoms with Gasteiger partial charge in [0.15, 0.2) is 0 Å². The van der Waals surface area contributed by atoms with E-state index in [1.807, 2.05) is 6.07 Å². The summed E-state index contributed by atoms with van der Waals surface area (Å²) in [4.78, 5) is 0. The van der Waals surface area contributed by atoms with Gasteiger partial charge in [0, 0.05) is 12.6 Å². The SMILES string of the molecule is CC(C)NCC(C)(Cc1cccc(F)c1)C(C)C. The number of hydrogen-bond donors (Lipinski definition) is 1. The fraction of sp³-hybridized carbons (Fsp3) is 0.625. The van der Waals surface area contributed by atoms with Crippen molar-refractivity contribution in [3.8, 4) is 0 Å². The average molecular weight is 251 g/mol. The predicted molar refractivity (Wildman–Crippen MR) is 76.2 cm³/mol. The van der Waals surface area contributed by atoms with E-state index in [9.17, 15) is 4.39 Å². The van der Waals surface area contributed by atoms with Gasteiger partial charge in [-0.3, -0.25) is 0 Å². The molecule has 1 unspecified atom stereocenters. The highest BCUT2D eigenvalue weighted by Gasteiger charge is 2.28. The van der Waals surface area contributed by atoms with Gasteiger partial charge in [-0.05, 0) is 35.4 Å². The molecule has 1 rings (SSSR count). The number of benzene rings is 1. The monoisotopic (exact) mass is 251 g/mol. The van der Waals surface area contributed by atoms with Crippen LogP contribution >= 0.6 is 0 Å². The molecule has 0 aliphatic heterocycles. The van der Waals surface area contributed by atoms with Crippen molar-refractivity contribution in [2.24, 2.45) is 11.3 Å². The summed E-state index contributed by atoms with van der Waals surface area (Å²) in [5.74, 6) is 0.405. The Morgan fingerprint density at radius 2 is 1.89 bits per heavy atom. The van der Waals surface area contributed by atoms with Crippen LogP contribution in [0.25, 0.3) is 0 Å². The van der Waals surface area contributed by atoms with Gasteiger partial charge in [-0.2, -0.15) is 0 Å². The molecule has 0 aliphatic carbocycles. The van der Waals surface area contributed by atoms with E-state index in [-0.39, 0.29) is 11.2 Å². The molecule has 102 valence electrons. The molecule has 1 N–H and O–H groups in total. The first-order chi connectivity index (χ1) is 8.33. The molecule has 0 amide bonds. The maximum Gasteiger partial charge on any atom is 0.123 e. The van der Waals surface area contributed by atoms with Crippen LogP contribution in [-0.4, -0.2) is 12.6 Å². The molecular weight excluding hydrogens is 225 g/mol. The normalized spacial score (nSPS) is 15.1. The first-order valence-corrected chi connectivity index (χ1v) is 6.81. The fourth-order valence-corrected chi connectivity index (χ4v) is 2.02. The van der Waals surface area contributed by atoms with Crippen molar-refractivity contribution in [3.05, 3.63) is 35.6 Å². The van der Waals surface area contributed by atoms with Gasteiger partial charge in [0.2, 0.25) is 0 Å². The number of nitrogens with one attached hydrogen (secondary N) is 1. The Bertz CT molecular complexity index is 373. The summed E-state index contributed by atoms with van der Waals surface area (Å²) in [7, 11) is 0. The Balaban J connectivity index is 2.79. The molecule has 18 heavy (non-hydrogen) atoms. The average Bonchev–Trinajstić information content (AvgIpc) is 2.26. The number of hydrogen-bond acceptors (Lipinski definition) is 1. The lowest BCUT2D eigenvalue weighted by atomic mass is 9.74. The lowest BCUT2D eigenvalue weighted by molar-refractivity contribution is 0.202. The smallest absolute Gasteiger partial charge is 0.123 e. The first kappa shape index (κ1) is 15.2. The highest BCUT2D eigenvalue weighted by molar-refractivity contribution is 5.18. The van der Waals surface area contributed by atoms with Crippen LogP contribution in [0.3, 0.4) is 0 Å². The second-order valence-electron chi connectivity index (χ2n) is 6.15. The minimum atomic E-state index is -0.143. The summed E-state index contributed by atoms with van der Waals surface area (Å²) < 4.78 is 13.2. The first-order valence-electron chi connectivity index (χ1n) is 6.81. The summed E-state index contributed by atoms with van der Waals surface area (Å²) in [6.07, 6.45) is 0.905. The van der Waals surface area contributed by atoms with E-state index >= 15 is 0 Å². The van der Waals surface area contributed by atoms with Gasteiger partial charge < -0.3 is 5.32 Å². The van der Waals surface area contributed by atoms with Crippen LogP contribution in [0.15, 0.2) is 24.3 Å². The molecule has 0 spiro atoms. The molecule has 0 radical (unpaired) electrons. The lowest BCUT2D eigenvalue weighted by Crippen LogP contribution is -2.40. The van der Waals surface area contributed by atoms with Crippen LogP contribution in [0.1, 0.15) is 40.2 Å². The van der Waals surface area contributed by atoms with Crippen LogP contribution in [0.5, 0.6) is 0 Å². The summed E-state index contributed by atoms with van der Waals surface area (Å²) in [6.45, 7) is 12.0. The van der Waals surface area contributed by atoms with Crippen LogP contribution in [0, 0.1) is 17.2 Å². The van der Waals surface area contributed by atoms with Gasteiger partial charge in [0.1, 0.15) is 5.82 Å². The summed E-state index contributed by atoms with van der Waals surface area (Å²) in [5, 5.41) is 3.51. The zero-order valence-corrected chi connectivity index (χ0v) is 12.3. The molecule has 1 aromatic rings. The van der Waals surface area contributed by atoms with Crippen LogP contribution in [0.2, 0.25) is 0 Å². The van der Waals surface area contributed by atoms with E-state index in [0.29, 0.717) is 12.0 Å². The van der Waals surface area contributed by atoms with Gasteiger partial charge in [0.25, 0.3) is 0 Å². The van der Waals surface area contributed by atoms with Crippen molar-refractivity contribution in [1.29, 1.82) is 0 Å². The van der Waals surface area contributed by atoms with Gasteiger partial charge >= 0.3 is 0 Å². The molecule has 0 saturated carbocycles. The second-order valence-corrected chi connectivity index (χ2v) is 6.15. The zero-order valence-electron chi connectivity index (χ0n) is 12.3. The lowest BCUT2D eigenvalue weighted by Gasteiger charge is -2.35. The Hall–Kier alpha value is -0.890. The largest absolute Gasteiger partial charge is 0.314 e. The van der Waals surface area contributed by atoms with Gasteiger partial charge in [-0.25, -0.2) is 4.39 Å². The highest BCUT2D eigenvalue weighted by atomic mass is 19.1. The van der Waals surface area contributed by atoms with Crippen molar-refractivity contribution in [2.75, 3.05) is 6.54 Å². The zero-order chi connectivity index (χ0) is 13.8. The molecular formula is C16H26FN. The van der Waals surface area contributed by atoms with Crippen LogP contribution < -0.4 is 5.32 Å². The van der Waals surface area contributed by atoms with Gasteiger partial charge in [-0.1, -0.05) is 46.8 Å². The quantitative estimate of drug-likeness (QED) is 0.805. The molecule has 0 aromatic heterocycles. The Morgan fingerprint density at radius 3 is 2.39 bits per heavy atom.